The molecule has 122 valence electrons. The molecule has 1 amide bonds. The van der Waals surface area contributed by atoms with Crippen molar-refractivity contribution < 1.29 is 4.79 Å². The number of benzene rings is 2. The average Bonchev–Trinajstić information content (AvgIpc) is 2.90. The number of aromatic nitrogens is 2. The number of carbonyl (C=O) groups excluding carboxylic acids is 1. The smallest absolute Gasteiger partial charge is 0.245 e. The molecule has 3 rings (SSSR count). The molecule has 3 aromatic rings. The molecule has 0 aliphatic carbocycles. The van der Waals surface area contributed by atoms with Gasteiger partial charge in [-0.05, 0) is 36.5 Å². The van der Waals surface area contributed by atoms with Crippen LogP contribution in [0.1, 0.15) is 5.82 Å². The number of para-hydroxylation sites is 3. The van der Waals surface area contributed by atoms with E-state index in [2.05, 4.69) is 21.2 Å². The normalized spacial score (nSPS) is 10.4. The summed E-state index contributed by atoms with van der Waals surface area (Å²) < 4.78 is 1.91. The number of hydrazine groups is 1. The molecule has 0 spiro atoms. The van der Waals surface area contributed by atoms with Crippen LogP contribution >= 0.6 is 12.2 Å². The number of carbonyl (C=O) groups is 1. The van der Waals surface area contributed by atoms with Crippen LogP contribution in [0.4, 0.5) is 5.69 Å². The van der Waals surface area contributed by atoms with Gasteiger partial charge in [-0.25, -0.2) is 4.98 Å². The second kappa shape index (κ2) is 7.10. The number of aryl methyl sites for hydroxylation is 1. The van der Waals surface area contributed by atoms with E-state index in [1.807, 2.05) is 66.2 Å². The highest BCUT2D eigenvalue weighted by atomic mass is 32.1. The standard InChI is InChI=1S/C17H17N5OS/c1-22-14-10-6-5-9-13(14)19-15(22)11-16(23)20-21-17(24)18-12-7-3-2-4-8-12/h2-10H,11H2,1H3,(H,20,23)(H2,18,21,24). The third-order valence-electron chi connectivity index (χ3n) is 3.55. The second-order valence-electron chi connectivity index (χ2n) is 5.25. The van der Waals surface area contributed by atoms with Crippen molar-refractivity contribution in [2.45, 2.75) is 6.42 Å². The summed E-state index contributed by atoms with van der Waals surface area (Å²) in [7, 11) is 1.90. The first-order valence-electron chi connectivity index (χ1n) is 7.45. The van der Waals surface area contributed by atoms with Crippen LogP contribution in [0.5, 0.6) is 0 Å². The molecule has 2 aromatic carbocycles. The molecule has 0 unspecified atom stereocenters. The molecule has 1 aromatic heterocycles. The van der Waals surface area contributed by atoms with Crippen LogP contribution in [0, 0.1) is 0 Å². The monoisotopic (exact) mass is 339 g/mol. The van der Waals surface area contributed by atoms with Gasteiger partial charge in [-0.3, -0.25) is 15.6 Å². The van der Waals surface area contributed by atoms with Crippen molar-refractivity contribution in [3.8, 4) is 0 Å². The number of amides is 1. The highest BCUT2D eigenvalue weighted by Gasteiger charge is 2.11. The zero-order chi connectivity index (χ0) is 16.9. The molecular weight excluding hydrogens is 322 g/mol. The van der Waals surface area contributed by atoms with E-state index in [0.717, 1.165) is 16.7 Å². The molecule has 0 atom stereocenters. The summed E-state index contributed by atoms with van der Waals surface area (Å²) in [6.07, 6.45) is 0.159. The summed E-state index contributed by atoms with van der Waals surface area (Å²) >= 11 is 5.14. The lowest BCUT2D eigenvalue weighted by Crippen LogP contribution is -2.44. The van der Waals surface area contributed by atoms with E-state index in [1.54, 1.807) is 0 Å². The van der Waals surface area contributed by atoms with E-state index < -0.39 is 0 Å². The zero-order valence-corrected chi connectivity index (χ0v) is 13.9. The molecule has 3 N–H and O–H groups in total. The van der Waals surface area contributed by atoms with Gasteiger partial charge in [0.2, 0.25) is 5.91 Å². The van der Waals surface area contributed by atoms with Gasteiger partial charge in [0, 0.05) is 12.7 Å². The van der Waals surface area contributed by atoms with Crippen LogP contribution in [-0.2, 0) is 18.3 Å². The lowest BCUT2D eigenvalue weighted by molar-refractivity contribution is -0.121. The minimum atomic E-state index is -0.217. The third-order valence-corrected chi connectivity index (χ3v) is 3.75. The van der Waals surface area contributed by atoms with Crippen LogP contribution in [0.3, 0.4) is 0 Å². The molecule has 0 bridgehead atoms. The molecular formula is C17H17N5OS. The molecule has 0 aliphatic rings. The Morgan fingerprint density at radius 2 is 1.79 bits per heavy atom. The summed E-state index contributed by atoms with van der Waals surface area (Å²) in [6.45, 7) is 0. The number of nitrogens with one attached hydrogen (secondary N) is 3. The van der Waals surface area contributed by atoms with Crippen molar-refractivity contribution in [2.75, 3.05) is 5.32 Å². The quantitative estimate of drug-likeness (QED) is 0.504. The van der Waals surface area contributed by atoms with Gasteiger partial charge in [-0.2, -0.15) is 0 Å². The maximum absolute atomic E-state index is 12.1. The third kappa shape index (κ3) is 3.69. The molecule has 1 heterocycles. The van der Waals surface area contributed by atoms with Gasteiger partial charge in [-0.1, -0.05) is 30.3 Å². The van der Waals surface area contributed by atoms with Crippen molar-refractivity contribution >= 4 is 40.0 Å². The molecule has 0 radical (unpaired) electrons. The zero-order valence-electron chi connectivity index (χ0n) is 13.1. The van der Waals surface area contributed by atoms with Crippen molar-refractivity contribution in [2.24, 2.45) is 7.05 Å². The number of anilines is 1. The van der Waals surface area contributed by atoms with Gasteiger partial charge in [0.25, 0.3) is 0 Å². The summed E-state index contributed by atoms with van der Waals surface area (Å²) in [6, 6.07) is 17.3. The van der Waals surface area contributed by atoms with Gasteiger partial charge < -0.3 is 9.88 Å². The minimum absolute atomic E-state index is 0.159. The topological polar surface area (TPSA) is 71.0 Å². The highest BCUT2D eigenvalue weighted by Crippen LogP contribution is 2.14. The number of hydrogen-bond donors (Lipinski definition) is 3. The SMILES string of the molecule is Cn1c(CC(=O)NNC(=S)Nc2ccccc2)nc2ccccc21. The molecule has 0 saturated heterocycles. The van der Waals surface area contributed by atoms with E-state index in [0.29, 0.717) is 10.9 Å². The number of imidazole rings is 1. The average molecular weight is 339 g/mol. The fourth-order valence-electron chi connectivity index (χ4n) is 2.35. The van der Waals surface area contributed by atoms with Gasteiger partial charge in [0.1, 0.15) is 5.82 Å². The Morgan fingerprint density at radius 1 is 1.08 bits per heavy atom. The number of thiocarbonyl (C=S) groups is 1. The van der Waals surface area contributed by atoms with Crippen LogP contribution < -0.4 is 16.2 Å². The highest BCUT2D eigenvalue weighted by molar-refractivity contribution is 7.80. The number of fused-ring (bicyclic) bond motifs is 1. The van der Waals surface area contributed by atoms with E-state index >= 15 is 0 Å². The van der Waals surface area contributed by atoms with Gasteiger partial charge in [0.15, 0.2) is 5.11 Å². The molecule has 24 heavy (non-hydrogen) atoms. The molecule has 0 saturated carbocycles. The Kier molecular flexibility index (Phi) is 4.72. The minimum Gasteiger partial charge on any atom is -0.331 e. The van der Waals surface area contributed by atoms with Crippen molar-refractivity contribution in [1.82, 2.24) is 20.4 Å². The molecule has 0 aliphatic heterocycles. The number of hydrogen-bond acceptors (Lipinski definition) is 3. The lowest BCUT2D eigenvalue weighted by atomic mass is 10.3. The van der Waals surface area contributed by atoms with Gasteiger partial charge in [0.05, 0.1) is 17.5 Å². The van der Waals surface area contributed by atoms with Gasteiger partial charge in [-0.15, -0.1) is 0 Å². The summed E-state index contributed by atoms with van der Waals surface area (Å²) in [5.74, 6) is 0.475. The molecule has 7 heteroatoms. The van der Waals surface area contributed by atoms with Crippen molar-refractivity contribution in [3.05, 3.63) is 60.4 Å². The predicted molar refractivity (Wildman–Crippen MR) is 98.4 cm³/mol. The van der Waals surface area contributed by atoms with Crippen LogP contribution in [-0.4, -0.2) is 20.6 Å². The van der Waals surface area contributed by atoms with Crippen molar-refractivity contribution in [1.29, 1.82) is 0 Å². The van der Waals surface area contributed by atoms with E-state index in [-0.39, 0.29) is 12.3 Å². The maximum atomic E-state index is 12.1. The van der Waals surface area contributed by atoms with Crippen LogP contribution in [0.2, 0.25) is 0 Å². The predicted octanol–water partition coefficient (Wildman–Crippen LogP) is 2.13. The molecule has 0 fully saturated rings. The van der Waals surface area contributed by atoms with E-state index in [1.165, 1.54) is 0 Å². The summed E-state index contributed by atoms with van der Waals surface area (Å²) in [4.78, 5) is 16.6. The Hall–Kier alpha value is -2.93. The Morgan fingerprint density at radius 3 is 2.54 bits per heavy atom. The van der Waals surface area contributed by atoms with Crippen LogP contribution in [0.15, 0.2) is 54.6 Å². The Labute approximate surface area is 144 Å². The number of nitrogens with zero attached hydrogens (tertiary/aromatic N) is 2. The molecule has 6 nitrogen and oxygen atoms in total. The summed E-state index contributed by atoms with van der Waals surface area (Å²) in [5.41, 5.74) is 7.98. The largest absolute Gasteiger partial charge is 0.331 e. The first-order valence-corrected chi connectivity index (χ1v) is 7.85. The lowest BCUT2D eigenvalue weighted by Gasteiger charge is -2.11. The number of rotatable bonds is 3. The second-order valence-corrected chi connectivity index (χ2v) is 5.65. The summed E-state index contributed by atoms with van der Waals surface area (Å²) in [5, 5.41) is 3.30. The Balaban J connectivity index is 1.55. The van der Waals surface area contributed by atoms with Crippen molar-refractivity contribution in [3.63, 3.8) is 0 Å². The van der Waals surface area contributed by atoms with Crippen LogP contribution in [0.25, 0.3) is 11.0 Å². The fourth-order valence-corrected chi connectivity index (χ4v) is 2.52. The van der Waals surface area contributed by atoms with Gasteiger partial charge >= 0.3 is 0 Å². The first kappa shape index (κ1) is 15.9. The fraction of sp³-hybridized carbons (Fsp3) is 0.118. The maximum Gasteiger partial charge on any atom is 0.245 e. The van der Waals surface area contributed by atoms with E-state index in [4.69, 9.17) is 12.2 Å². The van der Waals surface area contributed by atoms with E-state index in [9.17, 15) is 4.79 Å². The first-order chi connectivity index (χ1) is 11.6. The Bertz CT molecular complexity index is 875.